The van der Waals surface area contributed by atoms with Gasteiger partial charge in [-0.3, -0.25) is 0 Å². The highest BCUT2D eigenvalue weighted by atomic mass is 79.9. The van der Waals surface area contributed by atoms with E-state index in [9.17, 15) is 0 Å². The fourth-order valence-electron chi connectivity index (χ4n) is 1.41. The average Bonchev–Trinajstić information content (AvgIpc) is 2.76. The lowest BCUT2D eigenvalue weighted by molar-refractivity contribution is 0.867. The number of rotatable bonds is 3. The first-order chi connectivity index (χ1) is 8.08. The molecule has 17 heavy (non-hydrogen) atoms. The van der Waals surface area contributed by atoms with Gasteiger partial charge in [0.2, 0.25) is 0 Å². The quantitative estimate of drug-likeness (QED) is 0.671. The molecule has 6 heteroatoms. The Bertz CT molecular complexity index is 490. The molecule has 0 aliphatic heterocycles. The van der Waals surface area contributed by atoms with Crippen LogP contribution < -0.4 is 5.32 Å². The smallest absolute Gasteiger partial charge is 0.115 e. The third kappa shape index (κ3) is 3.30. The van der Waals surface area contributed by atoms with Crippen molar-refractivity contribution in [1.29, 1.82) is 0 Å². The van der Waals surface area contributed by atoms with Gasteiger partial charge in [-0.15, -0.1) is 11.3 Å². The predicted octanol–water partition coefficient (Wildman–Crippen LogP) is 5.60. The van der Waals surface area contributed by atoms with Crippen LogP contribution in [0.3, 0.4) is 0 Å². The van der Waals surface area contributed by atoms with Crippen LogP contribution in [0, 0.1) is 0 Å². The van der Waals surface area contributed by atoms with Crippen LogP contribution in [0.4, 0.5) is 5.69 Å². The number of aromatic nitrogens is 1. The standard InChI is InChI=1S/C11H9Br3N2S/c1-6(11-15-2-3-17-11)16-10-8(13)4-7(12)5-9(10)14/h2-6,16H,1H3. The summed E-state index contributed by atoms with van der Waals surface area (Å²) in [6.45, 7) is 2.10. The summed E-state index contributed by atoms with van der Waals surface area (Å²) in [4.78, 5) is 4.31. The highest BCUT2D eigenvalue weighted by Gasteiger charge is 2.12. The Morgan fingerprint density at radius 1 is 1.24 bits per heavy atom. The summed E-state index contributed by atoms with van der Waals surface area (Å²) < 4.78 is 3.06. The van der Waals surface area contributed by atoms with E-state index in [1.54, 1.807) is 11.3 Å². The number of benzene rings is 1. The van der Waals surface area contributed by atoms with Crippen molar-refractivity contribution in [3.63, 3.8) is 0 Å². The van der Waals surface area contributed by atoms with E-state index >= 15 is 0 Å². The molecule has 1 aromatic carbocycles. The van der Waals surface area contributed by atoms with Crippen molar-refractivity contribution in [3.05, 3.63) is 42.1 Å². The van der Waals surface area contributed by atoms with Crippen LogP contribution in [0.2, 0.25) is 0 Å². The van der Waals surface area contributed by atoms with E-state index in [-0.39, 0.29) is 6.04 Å². The molecule has 0 saturated heterocycles. The van der Waals surface area contributed by atoms with Gasteiger partial charge >= 0.3 is 0 Å². The van der Waals surface area contributed by atoms with Crippen molar-refractivity contribution < 1.29 is 0 Å². The lowest BCUT2D eigenvalue weighted by Crippen LogP contribution is -2.07. The van der Waals surface area contributed by atoms with E-state index in [0.29, 0.717) is 0 Å². The second-order valence-corrected chi connectivity index (χ2v) is 7.03. The molecule has 1 aromatic heterocycles. The summed E-state index contributed by atoms with van der Waals surface area (Å²) in [6.07, 6.45) is 1.82. The number of nitrogens with one attached hydrogen (secondary N) is 1. The zero-order valence-electron chi connectivity index (χ0n) is 8.88. The fraction of sp³-hybridized carbons (Fsp3) is 0.182. The van der Waals surface area contributed by atoms with Crippen molar-refractivity contribution in [1.82, 2.24) is 4.98 Å². The predicted molar refractivity (Wildman–Crippen MR) is 83.7 cm³/mol. The van der Waals surface area contributed by atoms with Gasteiger partial charge in [0.25, 0.3) is 0 Å². The average molecular weight is 441 g/mol. The molecule has 2 aromatic rings. The molecule has 0 aliphatic rings. The lowest BCUT2D eigenvalue weighted by atomic mass is 10.3. The lowest BCUT2D eigenvalue weighted by Gasteiger charge is -2.16. The van der Waals surface area contributed by atoms with Crippen LogP contribution in [-0.4, -0.2) is 4.98 Å². The van der Waals surface area contributed by atoms with Crippen LogP contribution in [0.15, 0.2) is 37.1 Å². The van der Waals surface area contributed by atoms with Gasteiger partial charge < -0.3 is 5.32 Å². The molecule has 1 heterocycles. The summed E-state index contributed by atoms with van der Waals surface area (Å²) in [7, 11) is 0. The summed E-state index contributed by atoms with van der Waals surface area (Å²) >= 11 is 12.2. The van der Waals surface area contributed by atoms with Crippen LogP contribution in [0.25, 0.3) is 0 Å². The first-order valence-corrected chi connectivity index (χ1v) is 8.14. The molecule has 0 amide bonds. The Morgan fingerprint density at radius 3 is 2.41 bits per heavy atom. The van der Waals surface area contributed by atoms with E-state index < -0.39 is 0 Å². The summed E-state index contributed by atoms with van der Waals surface area (Å²) in [5.74, 6) is 0. The summed E-state index contributed by atoms with van der Waals surface area (Å²) in [5, 5.41) is 6.50. The second kappa shape index (κ2) is 5.82. The van der Waals surface area contributed by atoms with Crippen LogP contribution >= 0.6 is 59.1 Å². The third-order valence-corrected chi connectivity index (χ3v) is 4.86. The van der Waals surface area contributed by atoms with E-state index in [0.717, 1.165) is 24.1 Å². The summed E-state index contributed by atoms with van der Waals surface area (Å²) in [5.41, 5.74) is 1.04. The number of hydrogen-bond donors (Lipinski definition) is 1. The largest absolute Gasteiger partial charge is 0.374 e. The van der Waals surface area contributed by atoms with Crippen LogP contribution in [0.1, 0.15) is 18.0 Å². The van der Waals surface area contributed by atoms with Gasteiger partial charge in [0, 0.05) is 25.0 Å². The van der Waals surface area contributed by atoms with E-state index in [1.165, 1.54) is 0 Å². The van der Waals surface area contributed by atoms with Gasteiger partial charge in [0.1, 0.15) is 5.01 Å². The van der Waals surface area contributed by atoms with Crippen LogP contribution in [-0.2, 0) is 0 Å². The topological polar surface area (TPSA) is 24.9 Å². The van der Waals surface area contributed by atoms with Gasteiger partial charge in [-0.1, -0.05) is 15.9 Å². The molecule has 2 nitrogen and oxygen atoms in total. The highest BCUT2D eigenvalue weighted by Crippen LogP contribution is 2.36. The minimum absolute atomic E-state index is 0.184. The minimum atomic E-state index is 0.184. The summed E-state index contributed by atoms with van der Waals surface area (Å²) in [6, 6.07) is 4.22. The maximum Gasteiger partial charge on any atom is 0.115 e. The zero-order chi connectivity index (χ0) is 12.4. The monoisotopic (exact) mass is 438 g/mol. The molecular weight excluding hydrogens is 432 g/mol. The second-order valence-electron chi connectivity index (χ2n) is 3.48. The van der Waals surface area contributed by atoms with E-state index in [2.05, 4.69) is 65.0 Å². The molecule has 0 aliphatic carbocycles. The van der Waals surface area contributed by atoms with Crippen molar-refractivity contribution >= 4 is 64.8 Å². The van der Waals surface area contributed by atoms with Crippen LogP contribution in [0.5, 0.6) is 0 Å². The van der Waals surface area contributed by atoms with Gasteiger partial charge in [-0.25, -0.2) is 4.98 Å². The Morgan fingerprint density at radius 2 is 1.88 bits per heavy atom. The van der Waals surface area contributed by atoms with Gasteiger partial charge in [0.15, 0.2) is 0 Å². The first-order valence-electron chi connectivity index (χ1n) is 4.88. The first kappa shape index (κ1) is 13.5. The van der Waals surface area contributed by atoms with E-state index in [4.69, 9.17) is 0 Å². The molecule has 0 saturated carbocycles. The molecule has 2 rings (SSSR count). The number of nitrogens with zero attached hydrogens (tertiary/aromatic N) is 1. The van der Waals surface area contributed by atoms with Gasteiger partial charge in [0.05, 0.1) is 11.7 Å². The molecule has 0 fully saturated rings. The van der Waals surface area contributed by atoms with Crippen molar-refractivity contribution in [2.45, 2.75) is 13.0 Å². The van der Waals surface area contributed by atoms with Crippen molar-refractivity contribution in [3.8, 4) is 0 Å². The normalized spacial score (nSPS) is 12.5. The fourth-order valence-corrected chi connectivity index (χ4v) is 4.54. The molecule has 1 unspecified atom stereocenters. The molecular formula is C11H9Br3N2S. The minimum Gasteiger partial charge on any atom is -0.374 e. The SMILES string of the molecule is CC(Nc1c(Br)cc(Br)cc1Br)c1nccs1. The Balaban J connectivity index is 2.25. The molecule has 0 radical (unpaired) electrons. The zero-order valence-corrected chi connectivity index (χ0v) is 14.5. The Kier molecular flexibility index (Phi) is 4.63. The Hall–Kier alpha value is 0.0900. The molecule has 0 spiro atoms. The van der Waals surface area contributed by atoms with E-state index in [1.807, 2.05) is 23.7 Å². The van der Waals surface area contributed by atoms with Gasteiger partial charge in [-0.05, 0) is 50.9 Å². The molecule has 1 atom stereocenters. The van der Waals surface area contributed by atoms with Crippen molar-refractivity contribution in [2.24, 2.45) is 0 Å². The maximum atomic E-state index is 4.31. The number of thiazole rings is 1. The number of halogens is 3. The Labute approximate surface area is 129 Å². The third-order valence-electron chi connectivity index (χ3n) is 2.19. The van der Waals surface area contributed by atoms with Crippen molar-refractivity contribution in [2.75, 3.05) is 5.32 Å². The molecule has 90 valence electrons. The number of anilines is 1. The van der Waals surface area contributed by atoms with Gasteiger partial charge in [-0.2, -0.15) is 0 Å². The molecule has 0 bridgehead atoms. The maximum absolute atomic E-state index is 4.31. The molecule has 1 N–H and O–H groups in total. The highest BCUT2D eigenvalue weighted by molar-refractivity contribution is 9.11. The number of hydrogen-bond acceptors (Lipinski definition) is 3.